The lowest BCUT2D eigenvalue weighted by molar-refractivity contribution is 0.0981. The highest BCUT2D eigenvalue weighted by atomic mass is 32.2. The molecule has 3 aromatic carbocycles. The molecule has 1 aliphatic heterocycles. The molecule has 1 heterocycles. The number of para-hydroxylation sites is 1. The van der Waals surface area contributed by atoms with E-state index in [0.717, 1.165) is 23.2 Å². The molecule has 1 amide bonds. The molecule has 0 unspecified atom stereocenters. The van der Waals surface area contributed by atoms with Gasteiger partial charge >= 0.3 is 0 Å². The molecule has 148 valence electrons. The Balaban J connectivity index is 1.54. The van der Waals surface area contributed by atoms with Gasteiger partial charge in [-0.25, -0.2) is 8.42 Å². The van der Waals surface area contributed by atoms with Gasteiger partial charge in [-0.2, -0.15) is 0 Å². The highest BCUT2D eigenvalue weighted by Gasteiger charge is 2.31. The Morgan fingerprint density at radius 3 is 2.31 bits per heavy atom. The van der Waals surface area contributed by atoms with Crippen LogP contribution in [0.25, 0.3) is 0 Å². The van der Waals surface area contributed by atoms with Crippen molar-refractivity contribution < 1.29 is 13.2 Å². The normalized spacial score (nSPS) is 15.8. The Labute approximate surface area is 171 Å². The van der Waals surface area contributed by atoms with E-state index in [1.54, 1.807) is 53.4 Å². The molecular weight excluding hydrogens is 384 g/mol. The zero-order valence-corrected chi connectivity index (χ0v) is 17.1. The molecule has 0 aliphatic carbocycles. The summed E-state index contributed by atoms with van der Waals surface area (Å²) in [4.78, 5) is 15.1. The van der Waals surface area contributed by atoms with Gasteiger partial charge in [-0.15, -0.1) is 0 Å². The van der Waals surface area contributed by atoms with Crippen LogP contribution in [0.15, 0.2) is 77.7 Å². The monoisotopic (exact) mass is 406 g/mol. The van der Waals surface area contributed by atoms with E-state index in [1.165, 1.54) is 0 Å². The maximum Gasteiger partial charge on any atom is 0.261 e. The van der Waals surface area contributed by atoms with Gasteiger partial charge in [-0.3, -0.25) is 9.52 Å². The third-order valence-corrected chi connectivity index (χ3v) is 6.54. The highest BCUT2D eigenvalue weighted by molar-refractivity contribution is 7.92. The van der Waals surface area contributed by atoms with Gasteiger partial charge in [0.25, 0.3) is 15.9 Å². The second-order valence-corrected chi connectivity index (χ2v) is 9.04. The van der Waals surface area contributed by atoms with Crippen molar-refractivity contribution in [2.24, 2.45) is 0 Å². The van der Waals surface area contributed by atoms with Gasteiger partial charge in [0, 0.05) is 23.0 Å². The highest BCUT2D eigenvalue weighted by Crippen LogP contribution is 2.33. The number of carbonyl (C=O) groups excluding carboxylic acids is 1. The fourth-order valence-electron chi connectivity index (χ4n) is 3.63. The topological polar surface area (TPSA) is 66.5 Å². The van der Waals surface area contributed by atoms with E-state index in [-0.39, 0.29) is 16.8 Å². The summed E-state index contributed by atoms with van der Waals surface area (Å²) in [5, 5.41) is 0. The summed E-state index contributed by atoms with van der Waals surface area (Å²) in [6.07, 6.45) is 0.830. The molecule has 3 aromatic rings. The van der Waals surface area contributed by atoms with Crippen LogP contribution in [-0.2, 0) is 16.4 Å². The van der Waals surface area contributed by atoms with Gasteiger partial charge in [0.1, 0.15) is 0 Å². The smallest absolute Gasteiger partial charge is 0.261 e. The van der Waals surface area contributed by atoms with Crippen molar-refractivity contribution in [3.8, 4) is 0 Å². The standard InChI is InChI=1S/C23H22N2O3S/c1-16-7-13-21(14-8-16)29(27,28)24-20-11-9-18(10-12-20)23(26)25-17(2)15-19-5-3-4-6-22(19)25/h3-14,17,24H,15H2,1-2H3/t17-/m1/s1. The predicted molar refractivity (Wildman–Crippen MR) is 115 cm³/mol. The van der Waals surface area contributed by atoms with Gasteiger partial charge in [0.15, 0.2) is 0 Å². The van der Waals surface area contributed by atoms with Crippen LogP contribution < -0.4 is 9.62 Å². The van der Waals surface area contributed by atoms with Crippen molar-refractivity contribution in [2.75, 3.05) is 9.62 Å². The number of benzene rings is 3. The molecule has 5 nitrogen and oxygen atoms in total. The Hall–Kier alpha value is -3.12. The molecule has 0 spiro atoms. The quantitative estimate of drug-likeness (QED) is 0.699. The molecular formula is C23H22N2O3S. The number of aryl methyl sites for hydroxylation is 1. The van der Waals surface area contributed by atoms with E-state index >= 15 is 0 Å². The molecule has 0 fully saturated rings. The van der Waals surface area contributed by atoms with Crippen LogP contribution in [0.1, 0.15) is 28.4 Å². The minimum atomic E-state index is -3.67. The van der Waals surface area contributed by atoms with Crippen LogP contribution >= 0.6 is 0 Å². The summed E-state index contributed by atoms with van der Waals surface area (Å²) < 4.78 is 27.6. The largest absolute Gasteiger partial charge is 0.305 e. The van der Waals surface area contributed by atoms with Gasteiger partial charge < -0.3 is 4.90 Å². The van der Waals surface area contributed by atoms with E-state index in [0.29, 0.717) is 11.3 Å². The zero-order chi connectivity index (χ0) is 20.6. The fraction of sp³-hybridized carbons (Fsp3) is 0.174. The summed E-state index contributed by atoms with van der Waals surface area (Å²) in [5.74, 6) is -0.0876. The fourth-order valence-corrected chi connectivity index (χ4v) is 4.69. The molecule has 0 saturated heterocycles. The maximum atomic E-state index is 13.1. The summed E-state index contributed by atoms with van der Waals surface area (Å²) in [6.45, 7) is 3.93. The van der Waals surface area contributed by atoms with Gasteiger partial charge in [0.05, 0.1) is 4.90 Å². The van der Waals surface area contributed by atoms with Crippen molar-refractivity contribution in [3.05, 3.63) is 89.5 Å². The zero-order valence-electron chi connectivity index (χ0n) is 16.3. The Morgan fingerprint density at radius 1 is 0.966 bits per heavy atom. The van der Waals surface area contributed by atoms with Crippen molar-refractivity contribution in [3.63, 3.8) is 0 Å². The van der Waals surface area contributed by atoms with Crippen molar-refractivity contribution in [1.82, 2.24) is 0 Å². The number of hydrogen-bond acceptors (Lipinski definition) is 3. The van der Waals surface area contributed by atoms with Gasteiger partial charge in [-0.1, -0.05) is 35.9 Å². The average Bonchev–Trinajstić information content (AvgIpc) is 3.04. The molecule has 0 bridgehead atoms. The van der Waals surface area contributed by atoms with E-state index < -0.39 is 10.0 Å². The van der Waals surface area contributed by atoms with Gasteiger partial charge in [0.2, 0.25) is 0 Å². The summed E-state index contributed by atoms with van der Waals surface area (Å²) in [6, 6.07) is 21.2. The molecule has 0 radical (unpaired) electrons. The maximum absolute atomic E-state index is 13.1. The van der Waals surface area contributed by atoms with Crippen LogP contribution in [0, 0.1) is 6.92 Å². The molecule has 1 aliphatic rings. The molecule has 1 atom stereocenters. The second-order valence-electron chi connectivity index (χ2n) is 7.35. The van der Waals surface area contributed by atoms with Crippen molar-refractivity contribution >= 4 is 27.3 Å². The average molecular weight is 407 g/mol. The number of hydrogen-bond donors (Lipinski definition) is 1. The van der Waals surface area contributed by atoms with Crippen LogP contribution in [0.3, 0.4) is 0 Å². The van der Waals surface area contributed by atoms with E-state index in [1.807, 2.05) is 38.1 Å². The molecule has 0 aromatic heterocycles. The van der Waals surface area contributed by atoms with E-state index in [9.17, 15) is 13.2 Å². The van der Waals surface area contributed by atoms with Crippen LogP contribution in [0.2, 0.25) is 0 Å². The first-order valence-corrected chi connectivity index (χ1v) is 10.9. The third kappa shape index (κ3) is 3.76. The summed E-state index contributed by atoms with van der Waals surface area (Å²) in [7, 11) is -3.67. The third-order valence-electron chi connectivity index (χ3n) is 5.14. The van der Waals surface area contributed by atoms with Crippen molar-refractivity contribution in [1.29, 1.82) is 0 Å². The number of nitrogens with one attached hydrogen (secondary N) is 1. The van der Waals surface area contributed by atoms with Crippen LogP contribution in [0.5, 0.6) is 0 Å². The molecule has 0 saturated carbocycles. The first-order valence-electron chi connectivity index (χ1n) is 9.46. The number of amides is 1. The predicted octanol–water partition coefficient (Wildman–Crippen LogP) is 4.39. The summed E-state index contributed by atoms with van der Waals surface area (Å²) in [5.41, 5.74) is 4.03. The number of sulfonamides is 1. The lowest BCUT2D eigenvalue weighted by Gasteiger charge is -2.23. The van der Waals surface area contributed by atoms with Gasteiger partial charge in [-0.05, 0) is 68.3 Å². The van der Waals surface area contributed by atoms with Crippen LogP contribution in [0.4, 0.5) is 11.4 Å². The molecule has 1 N–H and O–H groups in total. The van der Waals surface area contributed by atoms with E-state index in [4.69, 9.17) is 0 Å². The molecule has 4 rings (SSSR count). The minimum absolute atomic E-state index is 0.0830. The number of rotatable bonds is 4. The Bertz CT molecular complexity index is 1150. The van der Waals surface area contributed by atoms with Crippen LogP contribution in [-0.4, -0.2) is 20.4 Å². The molecule has 29 heavy (non-hydrogen) atoms. The van der Waals surface area contributed by atoms with Crippen molar-refractivity contribution in [2.45, 2.75) is 31.2 Å². The first-order chi connectivity index (χ1) is 13.8. The Kier molecular flexibility index (Phi) is 4.88. The number of nitrogens with zero attached hydrogens (tertiary/aromatic N) is 1. The Morgan fingerprint density at radius 2 is 1.62 bits per heavy atom. The SMILES string of the molecule is Cc1ccc(S(=O)(=O)Nc2ccc(C(=O)N3c4ccccc4C[C@H]3C)cc2)cc1. The number of fused-ring (bicyclic) bond motifs is 1. The minimum Gasteiger partial charge on any atom is -0.305 e. The molecule has 6 heteroatoms. The number of carbonyl (C=O) groups is 1. The lowest BCUT2D eigenvalue weighted by atomic mass is 10.1. The number of anilines is 2. The lowest BCUT2D eigenvalue weighted by Crippen LogP contribution is -2.35. The summed E-state index contributed by atoms with van der Waals surface area (Å²) >= 11 is 0. The first kappa shape index (κ1) is 19.2. The second kappa shape index (κ2) is 7.37. The van der Waals surface area contributed by atoms with E-state index in [2.05, 4.69) is 4.72 Å².